The molecule has 0 fully saturated rings. The topological polar surface area (TPSA) is 83.4 Å². The molecule has 0 aliphatic heterocycles. The van der Waals surface area contributed by atoms with E-state index in [0.717, 1.165) is 20.4 Å². The molecule has 0 spiro atoms. The third-order valence-electron chi connectivity index (χ3n) is 3.14. The Kier molecular flexibility index (Phi) is 4.37. The number of hydrogen-bond acceptors (Lipinski definition) is 5. The molecule has 3 rings (SSSR count). The van der Waals surface area contributed by atoms with Gasteiger partial charge in [-0.2, -0.15) is 8.42 Å². The Morgan fingerprint density at radius 1 is 1.04 bits per heavy atom. The van der Waals surface area contributed by atoms with E-state index in [0.29, 0.717) is 0 Å². The SMILES string of the molecule is O=S(=O)(O)N(Cc1ccc(-c2nccs2)cc1)c1ccccn1. The Morgan fingerprint density at radius 2 is 1.83 bits per heavy atom. The molecular weight excluding hydrogens is 334 g/mol. The first-order chi connectivity index (χ1) is 11.0. The fraction of sp³-hybridized carbons (Fsp3) is 0.0667. The van der Waals surface area contributed by atoms with Gasteiger partial charge in [0.2, 0.25) is 0 Å². The smallest absolute Gasteiger partial charge is 0.269 e. The first-order valence-electron chi connectivity index (χ1n) is 6.69. The molecule has 1 aromatic carbocycles. The van der Waals surface area contributed by atoms with Crippen molar-refractivity contribution in [2.75, 3.05) is 4.31 Å². The van der Waals surface area contributed by atoms with Gasteiger partial charge in [0.15, 0.2) is 0 Å². The zero-order valence-corrected chi connectivity index (χ0v) is 13.5. The Hall–Kier alpha value is -2.29. The second-order valence-electron chi connectivity index (χ2n) is 4.71. The average molecular weight is 347 g/mol. The van der Waals surface area contributed by atoms with Crippen LogP contribution in [0.5, 0.6) is 0 Å². The predicted molar refractivity (Wildman–Crippen MR) is 89.5 cm³/mol. The number of pyridine rings is 1. The van der Waals surface area contributed by atoms with E-state index in [1.54, 1.807) is 30.5 Å². The molecule has 0 aliphatic rings. The van der Waals surface area contributed by atoms with Gasteiger partial charge in [-0.3, -0.25) is 4.55 Å². The van der Waals surface area contributed by atoms with E-state index in [1.165, 1.54) is 23.6 Å². The van der Waals surface area contributed by atoms with Crippen LogP contribution in [0, 0.1) is 0 Å². The van der Waals surface area contributed by atoms with Crippen LogP contribution in [0.1, 0.15) is 5.56 Å². The van der Waals surface area contributed by atoms with E-state index < -0.39 is 10.3 Å². The third-order valence-corrected chi connectivity index (χ3v) is 4.84. The van der Waals surface area contributed by atoms with E-state index in [9.17, 15) is 13.0 Å². The summed E-state index contributed by atoms with van der Waals surface area (Å²) >= 11 is 1.53. The maximum absolute atomic E-state index is 11.6. The molecule has 0 atom stereocenters. The van der Waals surface area contributed by atoms with Crippen LogP contribution in [0.15, 0.2) is 60.2 Å². The Bertz CT molecular complexity index is 864. The van der Waals surface area contributed by atoms with Gasteiger partial charge in [-0.05, 0) is 17.7 Å². The molecule has 0 saturated carbocycles. The minimum absolute atomic E-state index is 0.00596. The summed E-state index contributed by atoms with van der Waals surface area (Å²) in [6.45, 7) is -0.00596. The predicted octanol–water partition coefficient (Wildman–Crippen LogP) is 3.01. The largest absolute Gasteiger partial charge is 0.361 e. The highest BCUT2D eigenvalue weighted by molar-refractivity contribution is 7.87. The molecule has 6 nitrogen and oxygen atoms in total. The van der Waals surface area contributed by atoms with Crippen LogP contribution in [-0.2, 0) is 16.8 Å². The van der Waals surface area contributed by atoms with Crippen molar-refractivity contribution in [2.24, 2.45) is 0 Å². The van der Waals surface area contributed by atoms with E-state index >= 15 is 0 Å². The third kappa shape index (κ3) is 3.73. The summed E-state index contributed by atoms with van der Waals surface area (Å²) in [6, 6.07) is 12.2. The van der Waals surface area contributed by atoms with Gasteiger partial charge in [0.05, 0.1) is 6.54 Å². The fourth-order valence-electron chi connectivity index (χ4n) is 2.07. The van der Waals surface area contributed by atoms with Crippen LogP contribution in [0.3, 0.4) is 0 Å². The van der Waals surface area contributed by atoms with Gasteiger partial charge >= 0.3 is 10.3 Å². The fourth-order valence-corrected chi connectivity index (χ4v) is 3.37. The lowest BCUT2D eigenvalue weighted by atomic mass is 10.1. The Labute approximate surface area is 138 Å². The Balaban J connectivity index is 1.86. The summed E-state index contributed by atoms with van der Waals surface area (Å²) < 4.78 is 33.5. The zero-order valence-electron chi connectivity index (χ0n) is 11.9. The standard InChI is InChI=1S/C15H13N3O3S2/c19-23(20,21)18(14-3-1-2-8-16-14)11-12-4-6-13(7-5-12)15-17-9-10-22-15/h1-10H,11H2,(H,19,20,21). The second-order valence-corrected chi connectivity index (χ2v) is 6.94. The van der Waals surface area contributed by atoms with Crippen molar-refractivity contribution in [3.05, 3.63) is 65.8 Å². The van der Waals surface area contributed by atoms with E-state index in [1.807, 2.05) is 17.5 Å². The van der Waals surface area contributed by atoms with Crippen molar-refractivity contribution in [1.82, 2.24) is 9.97 Å². The van der Waals surface area contributed by atoms with Gasteiger partial charge in [-0.1, -0.05) is 30.3 Å². The first kappa shape index (κ1) is 15.6. The average Bonchev–Trinajstić information content (AvgIpc) is 3.07. The molecule has 0 aliphatic carbocycles. The van der Waals surface area contributed by atoms with Crippen LogP contribution >= 0.6 is 11.3 Å². The lowest BCUT2D eigenvalue weighted by molar-refractivity contribution is 0.477. The molecule has 0 amide bonds. The van der Waals surface area contributed by atoms with Gasteiger partial charge in [0.1, 0.15) is 10.8 Å². The van der Waals surface area contributed by atoms with Gasteiger partial charge in [0.25, 0.3) is 0 Å². The van der Waals surface area contributed by atoms with E-state index in [2.05, 4.69) is 9.97 Å². The highest BCUT2D eigenvalue weighted by Crippen LogP contribution is 2.23. The molecule has 23 heavy (non-hydrogen) atoms. The lowest BCUT2D eigenvalue weighted by Crippen LogP contribution is -2.30. The molecule has 0 bridgehead atoms. The molecule has 2 heterocycles. The summed E-state index contributed by atoms with van der Waals surface area (Å²) in [5, 5.41) is 2.79. The number of thiazole rings is 1. The van der Waals surface area contributed by atoms with Crippen LogP contribution in [0.4, 0.5) is 5.82 Å². The summed E-state index contributed by atoms with van der Waals surface area (Å²) in [5.41, 5.74) is 1.69. The molecule has 118 valence electrons. The zero-order chi connectivity index (χ0) is 16.3. The van der Waals surface area contributed by atoms with Gasteiger partial charge in [-0.25, -0.2) is 14.3 Å². The number of rotatable bonds is 5. The molecular formula is C15H13N3O3S2. The van der Waals surface area contributed by atoms with Crippen LogP contribution in [-0.4, -0.2) is 22.9 Å². The van der Waals surface area contributed by atoms with Crippen molar-refractivity contribution in [3.8, 4) is 10.6 Å². The van der Waals surface area contributed by atoms with E-state index in [4.69, 9.17) is 0 Å². The summed E-state index contributed by atoms with van der Waals surface area (Å²) in [5.74, 6) is 0.166. The molecule has 0 radical (unpaired) electrons. The van der Waals surface area contributed by atoms with Crippen molar-refractivity contribution < 1.29 is 13.0 Å². The first-order valence-corrected chi connectivity index (χ1v) is 8.97. The van der Waals surface area contributed by atoms with Crippen LogP contribution in [0.2, 0.25) is 0 Å². The number of benzene rings is 1. The van der Waals surface area contributed by atoms with Gasteiger partial charge in [-0.15, -0.1) is 11.3 Å². The summed E-state index contributed by atoms with van der Waals surface area (Å²) in [7, 11) is -4.41. The molecule has 8 heteroatoms. The number of anilines is 1. The molecule has 3 aromatic rings. The molecule has 0 saturated heterocycles. The normalized spacial score (nSPS) is 11.3. The maximum Gasteiger partial charge on any atom is 0.361 e. The molecule has 1 N–H and O–H groups in total. The van der Waals surface area contributed by atoms with E-state index in [-0.39, 0.29) is 12.4 Å². The van der Waals surface area contributed by atoms with Gasteiger partial charge in [0, 0.05) is 23.3 Å². The summed E-state index contributed by atoms with van der Waals surface area (Å²) in [6.07, 6.45) is 3.20. The van der Waals surface area contributed by atoms with Crippen molar-refractivity contribution in [3.63, 3.8) is 0 Å². The summed E-state index contributed by atoms with van der Waals surface area (Å²) in [4.78, 5) is 8.20. The van der Waals surface area contributed by atoms with Crippen molar-refractivity contribution >= 4 is 27.5 Å². The van der Waals surface area contributed by atoms with Crippen molar-refractivity contribution in [2.45, 2.75) is 6.54 Å². The maximum atomic E-state index is 11.6. The monoisotopic (exact) mass is 347 g/mol. The quantitative estimate of drug-likeness (QED) is 0.717. The van der Waals surface area contributed by atoms with Crippen LogP contribution < -0.4 is 4.31 Å². The second kappa shape index (κ2) is 6.45. The van der Waals surface area contributed by atoms with Crippen molar-refractivity contribution in [1.29, 1.82) is 0 Å². The minimum atomic E-state index is -4.41. The lowest BCUT2D eigenvalue weighted by Gasteiger charge is -2.19. The number of hydrogen-bond donors (Lipinski definition) is 1. The molecule has 0 unspecified atom stereocenters. The number of nitrogens with zero attached hydrogens (tertiary/aromatic N) is 3. The van der Waals surface area contributed by atoms with Gasteiger partial charge < -0.3 is 0 Å². The highest BCUT2D eigenvalue weighted by Gasteiger charge is 2.21. The highest BCUT2D eigenvalue weighted by atomic mass is 32.2. The van der Waals surface area contributed by atoms with Crippen LogP contribution in [0.25, 0.3) is 10.6 Å². The Morgan fingerprint density at radius 3 is 2.39 bits per heavy atom. The molecule has 2 aromatic heterocycles. The minimum Gasteiger partial charge on any atom is -0.269 e. The number of aromatic nitrogens is 2.